The Labute approximate surface area is 180 Å². The molecule has 0 radical (unpaired) electrons. The zero-order chi connectivity index (χ0) is 20.5. The minimum absolute atomic E-state index is 0.116. The minimum Gasteiger partial charge on any atom is -0.376 e. The second-order valence-electron chi connectivity index (χ2n) is 7.69. The van der Waals surface area contributed by atoms with Crippen LogP contribution in [0.4, 0.5) is 10.1 Å². The van der Waals surface area contributed by atoms with Crippen molar-refractivity contribution in [2.45, 2.75) is 37.6 Å². The molecule has 1 N–H and O–H groups in total. The number of nitrogens with zero attached hydrogens (tertiary/aromatic N) is 3. The molecule has 30 heavy (non-hydrogen) atoms. The molecule has 5 nitrogen and oxygen atoms in total. The van der Waals surface area contributed by atoms with Gasteiger partial charge in [0.15, 0.2) is 5.11 Å². The average Bonchev–Trinajstić information content (AvgIpc) is 3.50. The van der Waals surface area contributed by atoms with Gasteiger partial charge in [0, 0.05) is 36.9 Å². The summed E-state index contributed by atoms with van der Waals surface area (Å²) >= 11 is 5.73. The Hall–Kier alpha value is -2.77. The Bertz CT molecular complexity index is 1020. The largest absolute Gasteiger partial charge is 0.376 e. The first-order valence-corrected chi connectivity index (χ1v) is 10.6. The van der Waals surface area contributed by atoms with E-state index in [1.807, 2.05) is 18.2 Å². The van der Waals surface area contributed by atoms with Crippen LogP contribution in [0.3, 0.4) is 0 Å². The number of anilines is 1. The van der Waals surface area contributed by atoms with Crippen molar-refractivity contribution in [3.05, 3.63) is 84.2 Å². The number of halogens is 1. The van der Waals surface area contributed by atoms with E-state index in [0.717, 1.165) is 43.1 Å². The summed E-state index contributed by atoms with van der Waals surface area (Å²) in [7, 11) is 0. The molecule has 2 aliphatic rings. The second-order valence-corrected chi connectivity index (χ2v) is 8.08. The topological polar surface area (TPSA) is 42.3 Å². The van der Waals surface area contributed by atoms with E-state index in [1.165, 1.54) is 12.1 Å². The number of hydrogen-bond acceptors (Lipinski definition) is 3. The molecule has 0 amide bonds. The molecule has 4 heterocycles. The number of aromatic nitrogens is 2. The average molecular weight is 423 g/mol. The van der Waals surface area contributed by atoms with Crippen LogP contribution in [0.15, 0.2) is 67.0 Å². The maximum atomic E-state index is 13.6. The first kappa shape index (κ1) is 19.2. The molecule has 2 aliphatic heterocycles. The van der Waals surface area contributed by atoms with Crippen LogP contribution < -0.4 is 10.2 Å². The minimum atomic E-state index is -0.267. The van der Waals surface area contributed by atoms with Gasteiger partial charge in [-0.2, -0.15) is 0 Å². The summed E-state index contributed by atoms with van der Waals surface area (Å²) < 4.78 is 21.7. The lowest BCUT2D eigenvalue weighted by atomic mass is 10.0. The third-order valence-corrected chi connectivity index (χ3v) is 6.11. The Morgan fingerprint density at radius 1 is 1.13 bits per heavy atom. The molecule has 2 fully saturated rings. The third-order valence-electron chi connectivity index (χ3n) is 5.79. The first-order valence-electron chi connectivity index (χ1n) is 10.2. The highest BCUT2D eigenvalue weighted by atomic mass is 32.1. The number of ether oxygens (including phenoxy) is 1. The first-order chi connectivity index (χ1) is 14.7. The fourth-order valence-corrected chi connectivity index (χ4v) is 4.75. The summed E-state index contributed by atoms with van der Waals surface area (Å²) in [6, 6.07) is 16.3. The molecule has 2 aromatic heterocycles. The van der Waals surface area contributed by atoms with Crippen molar-refractivity contribution in [1.29, 1.82) is 0 Å². The second kappa shape index (κ2) is 8.16. The van der Waals surface area contributed by atoms with Crippen LogP contribution in [0.25, 0.3) is 0 Å². The monoisotopic (exact) mass is 422 g/mol. The highest BCUT2D eigenvalue weighted by Gasteiger charge is 2.42. The Morgan fingerprint density at radius 3 is 2.73 bits per heavy atom. The molecule has 7 heteroatoms. The maximum Gasteiger partial charge on any atom is 0.174 e. The molecule has 0 unspecified atom stereocenters. The zero-order valence-corrected chi connectivity index (χ0v) is 17.3. The highest BCUT2D eigenvalue weighted by Crippen LogP contribution is 2.41. The number of thiocarbonyl (C=S) groups is 1. The van der Waals surface area contributed by atoms with E-state index in [4.69, 9.17) is 17.0 Å². The molecule has 3 aromatic rings. The van der Waals surface area contributed by atoms with Crippen molar-refractivity contribution in [2.75, 3.05) is 11.5 Å². The van der Waals surface area contributed by atoms with E-state index in [2.05, 4.69) is 38.1 Å². The van der Waals surface area contributed by atoms with E-state index < -0.39 is 0 Å². The number of benzene rings is 1. The summed E-state index contributed by atoms with van der Waals surface area (Å²) in [4.78, 5) is 6.65. The normalized spacial score (nSPS) is 23.7. The lowest BCUT2D eigenvalue weighted by Crippen LogP contribution is -2.31. The van der Waals surface area contributed by atoms with Gasteiger partial charge in [-0.3, -0.25) is 4.98 Å². The predicted molar refractivity (Wildman–Crippen MR) is 118 cm³/mol. The van der Waals surface area contributed by atoms with E-state index in [9.17, 15) is 4.39 Å². The Balaban J connectivity index is 1.57. The molecule has 1 aromatic carbocycles. The molecule has 5 rings (SSSR count). The number of rotatable bonds is 5. The molecule has 0 bridgehead atoms. The van der Waals surface area contributed by atoms with Gasteiger partial charge in [-0.15, -0.1) is 0 Å². The smallest absolute Gasteiger partial charge is 0.174 e. The SMILES string of the molecule is Fc1ccc(N2C(=S)N[C@@H](c3ccccn3)[C@@H]2c2cccn2C[C@@H]2CCCO2)cc1. The van der Waals surface area contributed by atoms with Crippen molar-refractivity contribution in [2.24, 2.45) is 0 Å². The lowest BCUT2D eigenvalue weighted by Gasteiger charge is -2.29. The summed E-state index contributed by atoms with van der Waals surface area (Å²) in [5.41, 5.74) is 2.89. The van der Waals surface area contributed by atoms with Gasteiger partial charge < -0.3 is 19.5 Å². The van der Waals surface area contributed by atoms with Gasteiger partial charge in [0.1, 0.15) is 11.9 Å². The number of pyridine rings is 1. The van der Waals surface area contributed by atoms with Crippen LogP contribution in [-0.4, -0.2) is 27.4 Å². The van der Waals surface area contributed by atoms with Crippen LogP contribution >= 0.6 is 12.2 Å². The Morgan fingerprint density at radius 2 is 2.00 bits per heavy atom. The van der Waals surface area contributed by atoms with Gasteiger partial charge in [0.25, 0.3) is 0 Å². The summed E-state index contributed by atoms with van der Waals surface area (Å²) in [6.45, 7) is 1.63. The van der Waals surface area contributed by atoms with Gasteiger partial charge in [0.05, 0.1) is 17.8 Å². The van der Waals surface area contributed by atoms with Crippen molar-refractivity contribution in [3.8, 4) is 0 Å². The van der Waals surface area contributed by atoms with Crippen LogP contribution in [0.2, 0.25) is 0 Å². The molecular formula is C23H23FN4OS. The standard InChI is InChI=1S/C23H23FN4OS/c24-16-8-10-17(11-9-16)28-22(21(26-23(28)30)19-6-1-2-12-25-19)20-7-3-13-27(20)15-18-5-4-14-29-18/h1-3,6-13,18,21-22H,4-5,14-15H2,(H,26,30)/t18-,21-,22-/m0/s1. The van der Waals surface area contributed by atoms with Gasteiger partial charge >= 0.3 is 0 Å². The fraction of sp³-hybridized carbons (Fsp3) is 0.304. The molecule has 154 valence electrons. The molecule has 2 saturated heterocycles. The summed E-state index contributed by atoms with van der Waals surface area (Å²) in [6.07, 6.45) is 6.30. The molecule has 3 atom stereocenters. The van der Waals surface area contributed by atoms with Crippen LogP contribution in [-0.2, 0) is 11.3 Å². The quantitative estimate of drug-likeness (QED) is 0.618. The molecule has 0 aliphatic carbocycles. The van der Waals surface area contributed by atoms with E-state index in [-0.39, 0.29) is 24.0 Å². The fourth-order valence-electron chi connectivity index (χ4n) is 4.40. The lowest BCUT2D eigenvalue weighted by molar-refractivity contribution is 0.0961. The third kappa shape index (κ3) is 3.59. The van der Waals surface area contributed by atoms with E-state index in [1.54, 1.807) is 18.3 Å². The summed E-state index contributed by atoms with van der Waals surface area (Å²) in [5, 5.41) is 4.05. The van der Waals surface area contributed by atoms with Crippen molar-refractivity contribution >= 4 is 23.0 Å². The Kier molecular flexibility index (Phi) is 5.23. The molecule has 0 saturated carbocycles. The van der Waals surface area contributed by atoms with Gasteiger partial charge in [-0.25, -0.2) is 4.39 Å². The van der Waals surface area contributed by atoms with E-state index in [0.29, 0.717) is 5.11 Å². The molecule has 0 spiro atoms. The number of nitrogens with one attached hydrogen (secondary N) is 1. The summed E-state index contributed by atoms with van der Waals surface area (Å²) in [5.74, 6) is -0.267. The van der Waals surface area contributed by atoms with Crippen LogP contribution in [0.5, 0.6) is 0 Å². The maximum absolute atomic E-state index is 13.6. The molecular weight excluding hydrogens is 399 g/mol. The highest BCUT2D eigenvalue weighted by molar-refractivity contribution is 7.80. The van der Waals surface area contributed by atoms with Gasteiger partial charge in [-0.1, -0.05) is 6.07 Å². The van der Waals surface area contributed by atoms with Gasteiger partial charge in [-0.05, 0) is 73.6 Å². The van der Waals surface area contributed by atoms with Crippen LogP contribution in [0.1, 0.15) is 36.3 Å². The van der Waals surface area contributed by atoms with Crippen molar-refractivity contribution in [3.63, 3.8) is 0 Å². The van der Waals surface area contributed by atoms with Crippen molar-refractivity contribution < 1.29 is 9.13 Å². The van der Waals surface area contributed by atoms with Gasteiger partial charge in [0.2, 0.25) is 0 Å². The number of hydrogen-bond donors (Lipinski definition) is 1. The van der Waals surface area contributed by atoms with Crippen molar-refractivity contribution in [1.82, 2.24) is 14.9 Å². The van der Waals surface area contributed by atoms with E-state index >= 15 is 0 Å². The predicted octanol–water partition coefficient (Wildman–Crippen LogP) is 4.38. The van der Waals surface area contributed by atoms with Crippen LogP contribution in [0, 0.1) is 5.82 Å². The zero-order valence-electron chi connectivity index (χ0n) is 16.4.